The largest absolute Gasteiger partial charge is 0.392 e. The lowest BCUT2D eigenvalue weighted by atomic mass is 10.1. The van der Waals surface area contributed by atoms with Gasteiger partial charge in [0.1, 0.15) is 0 Å². The second-order valence-electron chi connectivity index (χ2n) is 4.24. The summed E-state index contributed by atoms with van der Waals surface area (Å²) in [4.78, 5) is 2.22. The molecule has 0 saturated heterocycles. The van der Waals surface area contributed by atoms with Crippen molar-refractivity contribution < 1.29 is 14.6 Å². The molecule has 0 bridgehead atoms. The van der Waals surface area contributed by atoms with E-state index in [-0.39, 0.29) is 6.61 Å². The van der Waals surface area contributed by atoms with Crippen molar-refractivity contribution in [3.63, 3.8) is 0 Å². The molecule has 102 valence electrons. The molecule has 0 saturated carbocycles. The molecule has 0 unspecified atom stereocenters. The Morgan fingerprint density at radius 1 is 1.11 bits per heavy atom. The maximum atomic E-state index is 9.18. The summed E-state index contributed by atoms with van der Waals surface area (Å²) in [5.41, 5.74) is 3.21. The smallest absolute Gasteiger partial charge is 0.0684 e. The first kappa shape index (κ1) is 15.0. The highest BCUT2D eigenvalue weighted by Gasteiger charge is 2.07. The van der Waals surface area contributed by atoms with Gasteiger partial charge in [-0.2, -0.15) is 0 Å². The molecule has 0 aliphatic carbocycles. The number of aliphatic hydroxyl groups excluding tert-OH is 1. The van der Waals surface area contributed by atoms with Crippen LogP contribution in [0.5, 0.6) is 0 Å². The van der Waals surface area contributed by atoms with Gasteiger partial charge in [-0.3, -0.25) is 0 Å². The number of aryl methyl sites for hydroxylation is 1. The molecular weight excluding hydrogens is 230 g/mol. The number of hydrogen-bond acceptors (Lipinski definition) is 4. The molecule has 0 radical (unpaired) electrons. The van der Waals surface area contributed by atoms with Crippen LogP contribution in [0.4, 0.5) is 5.69 Å². The van der Waals surface area contributed by atoms with E-state index in [0.717, 1.165) is 29.9 Å². The van der Waals surface area contributed by atoms with Gasteiger partial charge in [-0.1, -0.05) is 6.07 Å². The number of rotatable bonds is 8. The van der Waals surface area contributed by atoms with Crippen molar-refractivity contribution in [3.8, 4) is 0 Å². The van der Waals surface area contributed by atoms with Crippen molar-refractivity contribution in [2.75, 3.05) is 45.4 Å². The van der Waals surface area contributed by atoms with E-state index in [1.165, 1.54) is 0 Å². The van der Waals surface area contributed by atoms with Gasteiger partial charge in [-0.15, -0.1) is 0 Å². The van der Waals surface area contributed by atoms with Gasteiger partial charge in [0.05, 0.1) is 19.8 Å². The number of nitrogens with zero attached hydrogens (tertiary/aromatic N) is 1. The molecule has 0 atom stereocenters. The fourth-order valence-corrected chi connectivity index (χ4v) is 1.83. The predicted molar refractivity (Wildman–Crippen MR) is 73.1 cm³/mol. The molecule has 0 fully saturated rings. The van der Waals surface area contributed by atoms with Crippen molar-refractivity contribution in [2.24, 2.45) is 0 Å². The third-order valence-electron chi connectivity index (χ3n) is 2.99. The highest BCUT2D eigenvalue weighted by molar-refractivity contribution is 5.50. The van der Waals surface area contributed by atoms with Gasteiger partial charge in [0.25, 0.3) is 0 Å². The first-order valence-electron chi connectivity index (χ1n) is 6.16. The van der Waals surface area contributed by atoms with Crippen LogP contribution in [-0.2, 0) is 16.1 Å². The first-order chi connectivity index (χ1) is 8.72. The lowest BCUT2D eigenvalue weighted by molar-refractivity contribution is 0.190. The van der Waals surface area contributed by atoms with E-state index in [0.29, 0.717) is 13.2 Å². The van der Waals surface area contributed by atoms with Crippen LogP contribution in [-0.4, -0.2) is 45.6 Å². The lowest BCUT2D eigenvalue weighted by Crippen LogP contribution is -2.30. The van der Waals surface area contributed by atoms with Crippen LogP contribution in [0.1, 0.15) is 11.1 Å². The Kier molecular flexibility index (Phi) is 6.72. The van der Waals surface area contributed by atoms with E-state index in [1.54, 1.807) is 14.2 Å². The molecular formula is C14H23NO3. The van der Waals surface area contributed by atoms with E-state index < -0.39 is 0 Å². The van der Waals surface area contributed by atoms with Gasteiger partial charge in [0, 0.05) is 33.0 Å². The van der Waals surface area contributed by atoms with Crippen molar-refractivity contribution in [1.82, 2.24) is 0 Å². The number of methoxy groups -OCH3 is 2. The van der Waals surface area contributed by atoms with Gasteiger partial charge in [0.15, 0.2) is 0 Å². The Balaban J connectivity index is 2.79. The molecule has 0 aromatic heterocycles. The number of hydrogen-bond donors (Lipinski definition) is 1. The summed E-state index contributed by atoms with van der Waals surface area (Å²) in [6.45, 7) is 5.13. The zero-order chi connectivity index (χ0) is 13.4. The third kappa shape index (κ3) is 4.29. The summed E-state index contributed by atoms with van der Waals surface area (Å²) in [7, 11) is 3.41. The second kappa shape index (κ2) is 8.08. The summed E-state index contributed by atoms with van der Waals surface area (Å²) in [6.07, 6.45) is 0. The SMILES string of the molecule is COCCN(CCOC)c1ccc(CO)c(C)c1. The number of benzene rings is 1. The molecule has 0 spiro atoms. The molecule has 1 N–H and O–H groups in total. The van der Waals surface area contributed by atoms with Crippen LogP contribution in [0.2, 0.25) is 0 Å². The summed E-state index contributed by atoms with van der Waals surface area (Å²) in [6, 6.07) is 6.10. The average molecular weight is 253 g/mol. The van der Waals surface area contributed by atoms with Crippen molar-refractivity contribution in [3.05, 3.63) is 29.3 Å². The first-order valence-corrected chi connectivity index (χ1v) is 6.16. The Morgan fingerprint density at radius 2 is 1.72 bits per heavy atom. The lowest BCUT2D eigenvalue weighted by Gasteiger charge is -2.25. The highest BCUT2D eigenvalue weighted by atomic mass is 16.5. The zero-order valence-electron chi connectivity index (χ0n) is 11.5. The van der Waals surface area contributed by atoms with Gasteiger partial charge in [0.2, 0.25) is 0 Å². The minimum Gasteiger partial charge on any atom is -0.392 e. The molecule has 1 rings (SSSR count). The fourth-order valence-electron chi connectivity index (χ4n) is 1.83. The van der Waals surface area contributed by atoms with Gasteiger partial charge < -0.3 is 19.5 Å². The predicted octanol–water partition coefficient (Wildman–Crippen LogP) is 1.59. The van der Waals surface area contributed by atoms with E-state index in [2.05, 4.69) is 11.0 Å². The number of ether oxygens (including phenoxy) is 2. The summed E-state index contributed by atoms with van der Waals surface area (Å²) in [5, 5.41) is 9.18. The number of anilines is 1. The van der Waals surface area contributed by atoms with Crippen LogP contribution in [0.3, 0.4) is 0 Å². The Morgan fingerprint density at radius 3 is 2.17 bits per heavy atom. The molecule has 1 aromatic carbocycles. The van der Waals surface area contributed by atoms with Crippen molar-refractivity contribution in [2.45, 2.75) is 13.5 Å². The molecule has 0 aliphatic heterocycles. The molecule has 0 amide bonds. The van der Waals surface area contributed by atoms with E-state index >= 15 is 0 Å². The van der Waals surface area contributed by atoms with Crippen LogP contribution in [0.15, 0.2) is 18.2 Å². The zero-order valence-corrected chi connectivity index (χ0v) is 11.5. The topological polar surface area (TPSA) is 41.9 Å². The Hall–Kier alpha value is -1.10. The van der Waals surface area contributed by atoms with Gasteiger partial charge in [-0.05, 0) is 30.2 Å². The minimum atomic E-state index is 0.0856. The summed E-state index contributed by atoms with van der Waals surface area (Å²) < 4.78 is 10.3. The minimum absolute atomic E-state index is 0.0856. The molecule has 0 heterocycles. The Labute approximate surface area is 109 Å². The average Bonchev–Trinajstić information content (AvgIpc) is 2.39. The standard InChI is InChI=1S/C14H23NO3/c1-12-10-14(5-4-13(12)11-16)15(6-8-17-2)7-9-18-3/h4-5,10,16H,6-9,11H2,1-3H3. The van der Waals surface area contributed by atoms with E-state index in [1.807, 2.05) is 19.1 Å². The quantitative estimate of drug-likeness (QED) is 0.764. The molecule has 4 nitrogen and oxygen atoms in total. The van der Waals surface area contributed by atoms with Crippen molar-refractivity contribution >= 4 is 5.69 Å². The molecule has 4 heteroatoms. The fraction of sp³-hybridized carbons (Fsp3) is 0.571. The molecule has 18 heavy (non-hydrogen) atoms. The van der Waals surface area contributed by atoms with Gasteiger partial charge >= 0.3 is 0 Å². The van der Waals surface area contributed by atoms with E-state index in [4.69, 9.17) is 9.47 Å². The maximum Gasteiger partial charge on any atom is 0.0684 e. The molecule has 0 aliphatic rings. The monoisotopic (exact) mass is 253 g/mol. The molecule has 1 aromatic rings. The summed E-state index contributed by atoms with van der Waals surface area (Å²) in [5.74, 6) is 0. The highest BCUT2D eigenvalue weighted by Crippen LogP contribution is 2.19. The summed E-state index contributed by atoms with van der Waals surface area (Å²) >= 11 is 0. The van der Waals surface area contributed by atoms with E-state index in [9.17, 15) is 5.11 Å². The van der Waals surface area contributed by atoms with Crippen LogP contribution in [0, 0.1) is 6.92 Å². The van der Waals surface area contributed by atoms with Crippen molar-refractivity contribution in [1.29, 1.82) is 0 Å². The van der Waals surface area contributed by atoms with Gasteiger partial charge in [-0.25, -0.2) is 0 Å². The second-order valence-corrected chi connectivity index (χ2v) is 4.24. The van der Waals surface area contributed by atoms with Crippen LogP contribution < -0.4 is 4.90 Å². The third-order valence-corrected chi connectivity index (χ3v) is 2.99. The number of aliphatic hydroxyl groups is 1. The van der Waals surface area contributed by atoms with Crippen LogP contribution in [0.25, 0.3) is 0 Å². The maximum absolute atomic E-state index is 9.18. The van der Waals surface area contributed by atoms with Crippen LogP contribution >= 0.6 is 0 Å². The Bertz CT molecular complexity index is 347. The normalized spacial score (nSPS) is 10.7.